The molecule has 0 saturated carbocycles. The number of rotatable bonds is 6. The zero-order valence-electron chi connectivity index (χ0n) is 13.2. The number of esters is 1. The number of benzene rings is 1. The van der Waals surface area contributed by atoms with Crippen molar-refractivity contribution in [3.05, 3.63) is 40.1 Å². The predicted octanol–water partition coefficient (Wildman–Crippen LogP) is 3.19. The minimum Gasteiger partial charge on any atom is -0.512 e. The van der Waals surface area contributed by atoms with Crippen LogP contribution >= 0.6 is 11.6 Å². The summed E-state index contributed by atoms with van der Waals surface area (Å²) in [5.74, 6) is -1.22. The SMILES string of the molecule is CCNC(=O)c1cccc(N=CC(C(=O)OCC)=C(C)O)c1Cl. The third-order valence-electron chi connectivity index (χ3n) is 2.78. The summed E-state index contributed by atoms with van der Waals surface area (Å²) in [6.45, 7) is 5.46. The Kier molecular flexibility index (Phi) is 7.28. The highest BCUT2D eigenvalue weighted by Crippen LogP contribution is 2.28. The van der Waals surface area contributed by atoms with Gasteiger partial charge in [0.15, 0.2) is 0 Å². The molecule has 0 atom stereocenters. The number of hydrogen-bond donors (Lipinski definition) is 2. The van der Waals surface area contributed by atoms with E-state index in [2.05, 4.69) is 10.3 Å². The number of aliphatic hydroxyl groups is 1. The lowest BCUT2D eigenvalue weighted by atomic mass is 10.2. The largest absolute Gasteiger partial charge is 0.512 e. The molecule has 2 N–H and O–H groups in total. The second kappa shape index (κ2) is 8.95. The van der Waals surface area contributed by atoms with Crippen molar-refractivity contribution in [3.63, 3.8) is 0 Å². The van der Waals surface area contributed by atoms with Crippen LogP contribution in [-0.4, -0.2) is 36.3 Å². The van der Waals surface area contributed by atoms with Crippen molar-refractivity contribution in [2.45, 2.75) is 20.8 Å². The first kappa shape index (κ1) is 18.7. The number of allylic oxidation sites excluding steroid dienone is 1. The molecule has 0 radical (unpaired) electrons. The zero-order valence-corrected chi connectivity index (χ0v) is 14.0. The molecular formula is C16H19ClN2O4. The van der Waals surface area contributed by atoms with E-state index >= 15 is 0 Å². The minimum absolute atomic E-state index is 0.0775. The van der Waals surface area contributed by atoms with Crippen molar-refractivity contribution in [2.75, 3.05) is 13.2 Å². The van der Waals surface area contributed by atoms with Crippen molar-refractivity contribution >= 4 is 35.4 Å². The Morgan fingerprint density at radius 1 is 1.39 bits per heavy atom. The highest BCUT2D eigenvalue weighted by atomic mass is 35.5. The van der Waals surface area contributed by atoms with Crippen LogP contribution in [-0.2, 0) is 9.53 Å². The highest BCUT2D eigenvalue weighted by molar-refractivity contribution is 6.36. The van der Waals surface area contributed by atoms with E-state index < -0.39 is 5.97 Å². The number of carbonyl (C=O) groups is 2. The Labute approximate surface area is 139 Å². The van der Waals surface area contributed by atoms with Gasteiger partial charge in [0.25, 0.3) is 5.91 Å². The number of nitrogens with zero attached hydrogens (tertiary/aromatic N) is 1. The molecule has 7 heteroatoms. The molecule has 0 heterocycles. The number of nitrogens with one attached hydrogen (secondary N) is 1. The van der Waals surface area contributed by atoms with E-state index in [-0.39, 0.29) is 34.4 Å². The molecule has 0 aliphatic heterocycles. The van der Waals surface area contributed by atoms with E-state index in [0.29, 0.717) is 12.2 Å². The maximum absolute atomic E-state index is 11.9. The summed E-state index contributed by atoms with van der Waals surface area (Å²) in [4.78, 5) is 27.7. The van der Waals surface area contributed by atoms with Crippen molar-refractivity contribution in [1.82, 2.24) is 5.32 Å². The molecule has 6 nitrogen and oxygen atoms in total. The predicted molar refractivity (Wildman–Crippen MR) is 89.6 cm³/mol. The molecule has 0 aliphatic rings. The summed E-state index contributed by atoms with van der Waals surface area (Å²) in [6.07, 6.45) is 1.16. The van der Waals surface area contributed by atoms with Crippen LogP contribution in [0, 0.1) is 0 Å². The van der Waals surface area contributed by atoms with Crippen LogP contribution in [0.15, 0.2) is 34.5 Å². The molecule has 23 heavy (non-hydrogen) atoms. The fraction of sp³-hybridized carbons (Fsp3) is 0.312. The lowest BCUT2D eigenvalue weighted by Gasteiger charge is -2.07. The Morgan fingerprint density at radius 3 is 2.65 bits per heavy atom. The molecule has 0 aromatic heterocycles. The van der Waals surface area contributed by atoms with E-state index in [1.165, 1.54) is 6.92 Å². The van der Waals surface area contributed by atoms with E-state index in [4.69, 9.17) is 16.3 Å². The number of hydrogen-bond acceptors (Lipinski definition) is 5. The smallest absolute Gasteiger partial charge is 0.343 e. The van der Waals surface area contributed by atoms with Gasteiger partial charge in [0, 0.05) is 12.8 Å². The van der Waals surface area contributed by atoms with Crippen LogP contribution in [0.2, 0.25) is 5.02 Å². The second-order valence-corrected chi connectivity index (χ2v) is 4.85. The molecule has 0 fully saturated rings. The van der Waals surface area contributed by atoms with Crippen LogP contribution in [0.1, 0.15) is 31.1 Å². The molecule has 0 unspecified atom stereocenters. The Bertz CT molecular complexity index is 649. The molecule has 1 aromatic rings. The average molecular weight is 339 g/mol. The molecule has 1 aromatic carbocycles. The summed E-state index contributed by atoms with van der Waals surface area (Å²) in [5, 5.41) is 12.4. The van der Waals surface area contributed by atoms with Crippen LogP contribution in [0.3, 0.4) is 0 Å². The quantitative estimate of drug-likeness (QED) is 0.361. The van der Waals surface area contributed by atoms with Gasteiger partial charge in [-0.1, -0.05) is 17.7 Å². The van der Waals surface area contributed by atoms with Gasteiger partial charge in [0.2, 0.25) is 0 Å². The molecule has 0 saturated heterocycles. The minimum atomic E-state index is -0.688. The maximum Gasteiger partial charge on any atom is 0.343 e. The van der Waals surface area contributed by atoms with Crippen molar-refractivity contribution < 1.29 is 19.4 Å². The molecule has 1 amide bonds. The van der Waals surface area contributed by atoms with Crippen LogP contribution in [0.5, 0.6) is 0 Å². The number of halogens is 1. The van der Waals surface area contributed by atoms with Gasteiger partial charge in [-0.25, -0.2) is 4.79 Å². The summed E-state index contributed by atoms with van der Waals surface area (Å²) in [5.41, 5.74) is 0.510. The van der Waals surface area contributed by atoms with Gasteiger partial charge >= 0.3 is 5.97 Å². The Balaban J connectivity index is 3.13. The summed E-state index contributed by atoms with van der Waals surface area (Å²) in [7, 11) is 0. The summed E-state index contributed by atoms with van der Waals surface area (Å²) in [6, 6.07) is 4.80. The molecule has 0 bridgehead atoms. The van der Waals surface area contributed by atoms with Gasteiger partial charge in [-0.15, -0.1) is 0 Å². The van der Waals surface area contributed by atoms with Gasteiger partial charge in [0.1, 0.15) is 11.3 Å². The standard InChI is InChI=1S/C16H19ClN2O4/c1-4-18-15(21)11-7-6-8-13(14(11)17)19-9-12(10(3)20)16(22)23-5-2/h6-9,20H,4-5H2,1-3H3,(H,18,21). The third kappa shape index (κ3) is 5.10. The first-order valence-corrected chi connectivity index (χ1v) is 7.47. The van der Waals surface area contributed by atoms with E-state index in [0.717, 1.165) is 6.21 Å². The molecule has 1 rings (SSSR count). The Hall–Kier alpha value is -2.34. The summed E-state index contributed by atoms with van der Waals surface area (Å²) >= 11 is 6.17. The first-order valence-electron chi connectivity index (χ1n) is 7.10. The van der Waals surface area contributed by atoms with Gasteiger partial charge < -0.3 is 15.2 Å². The maximum atomic E-state index is 11.9. The molecular weight excluding hydrogens is 320 g/mol. The fourth-order valence-corrected chi connectivity index (χ4v) is 1.95. The average Bonchev–Trinajstić information content (AvgIpc) is 2.49. The van der Waals surface area contributed by atoms with Crippen molar-refractivity contribution in [3.8, 4) is 0 Å². The number of ether oxygens (including phenoxy) is 1. The van der Waals surface area contributed by atoms with Gasteiger partial charge in [-0.2, -0.15) is 0 Å². The van der Waals surface area contributed by atoms with Gasteiger partial charge in [-0.05, 0) is 32.9 Å². The normalized spacial score (nSPS) is 12.0. The van der Waals surface area contributed by atoms with E-state index in [1.807, 2.05) is 0 Å². The molecule has 0 aliphatic carbocycles. The second-order valence-electron chi connectivity index (χ2n) is 4.48. The lowest BCUT2D eigenvalue weighted by molar-refractivity contribution is -0.138. The highest BCUT2D eigenvalue weighted by Gasteiger charge is 2.14. The summed E-state index contributed by atoms with van der Waals surface area (Å²) < 4.78 is 4.83. The number of amides is 1. The number of aliphatic hydroxyl groups excluding tert-OH is 1. The lowest BCUT2D eigenvalue weighted by Crippen LogP contribution is -2.22. The molecule has 124 valence electrons. The number of carbonyl (C=O) groups excluding carboxylic acids is 2. The first-order chi connectivity index (χ1) is 10.9. The van der Waals surface area contributed by atoms with Crippen LogP contribution in [0.4, 0.5) is 5.69 Å². The Morgan fingerprint density at radius 2 is 2.09 bits per heavy atom. The van der Waals surface area contributed by atoms with Crippen molar-refractivity contribution in [1.29, 1.82) is 0 Å². The van der Waals surface area contributed by atoms with Crippen LogP contribution in [0.25, 0.3) is 0 Å². The fourth-order valence-electron chi connectivity index (χ4n) is 1.69. The van der Waals surface area contributed by atoms with E-state index in [1.54, 1.807) is 32.0 Å². The van der Waals surface area contributed by atoms with E-state index in [9.17, 15) is 14.7 Å². The number of aliphatic imine (C=N–C) groups is 1. The van der Waals surface area contributed by atoms with Crippen molar-refractivity contribution in [2.24, 2.45) is 4.99 Å². The topological polar surface area (TPSA) is 88.0 Å². The monoisotopic (exact) mass is 338 g/mol. The van der Waals surface area contributed by atoms with Crippen LogP contribution < -0.4 is 5.32 Å². The zero-order chi connectivity index (χ0) is 17.4. The third-order valence-corrected chi connectivity index (χ3v) is 3.18. The van der Waals surface area contributed by atoms with Gasteiger partial charge in [-0.3, -0.25) is 9.79 Å². The van der Waals surface area contributed by atoms with Gasteiger partial charge in [0.05, 0.1) is 22.9 Å². The molecule has 0 spiro atoms.